The van der Waals surface area contributed by atoms with Gasteiger partial charge in [0.15, 0.2) is 0 Å². The number of nitrogens with zero attached hydrogens (tertiary/aromatic N) is 1. The lowest BCUT2D eigenvalue weighted by Gasteiger charge is -2.25. The van der Waals surface area contributed by atoms with Crippen LogP contribution in [0.5, 0.6) is 0 Å². The number of hydrogen-bond donors (Lipinski definition) is 0. The molecule has 4 rings (SSSR count). The van der Waals surface area contributed by atoms with Crippen LogP contribution in [0.15, 0.2) is 59.6 Å². The predicted molar refractivity (Wildman–Crippen MR) is 139 cm³/mol. The van der Waals surface area contributed by atoms with E-state index in [0.717, 1.165) is 48.1 Å². The van der Waals surface area contributed by atoms with Crippen LogP contribution in [0.1, 0.15) is 59.6 Å². The molecule has 0 saturated carbocycles. The van der Waals surface area contributed by atoms with E-state index in [4.69, 9.17) is 0 Å². The van der Waals surface area contributed by atoms with Crippen LogP contribution in [0.3, 0.4) is 0 Å². The van der Waals surface area contributed by atoms with Gasteiger partial charge in [-0.3, -0.25) is 0 Å². The van der Waals surface area contributed by atoms with Gasteiger partial charge in [-0.25, -0.2) is 8.78 Å². The molecular formula is C30H25F2NS. The van der Waals surface area contributed by atoms with Crippen molar-refractivity contribution in [3.8, 4) is 11.8 Å². The minimum absolute atomic E-state index is 0.127. The highest BCUT2D eigenvalue weighted by Crippen LogP contribution is 2.32. The van der Waals surface area contributed by atoms with Crippen LogP contribution in [-0.2, 0) is 12.8 Å². The average molecular weight is 470 g/mol. The Kier molecular flexibility index (Phi) is 7.80. The van der Waals surface area contributed by atoms with Crippen molar-refractivity contribution in [3.05, 3.63) is 99.6 Å². The monoisotopic (exact) mass is 469 g/mol. The van der Waals surface area contributed by atoms with E-state index in [-0.39, 0.29) is 5.56 Å². The first-order valence-corrected chi connectivity index (χ1v) is 12.0. The number of rotatable bonds is 5. The molecule has 1 unspecified atom stereocenters. The minimum Gasteiger partial charge on any atom is -0.206 e. The molecule has 3 aromatic carbocycles. The van der Waals surface area contributed by atoms with E-state index in [1.54, 1.807) is 0 Å². The van der Waals surface area contributed by atoms with E-state index in [0.29, 0.717) is 23.5 Å². The van der Waals surface area contributed by atoms with Crippen molar-refractivity contribution in [3.63, 3.8) is 0 Å². The van der Waals surface area contributed by atoms with Gasteiger partial charge in [-0.15, -0.1) is 0 Å². The lowest BCUT2D eigenvalue weighted by molar-refractivity contribution is 0.411. The molecule has 0 aliphatic heterocycles. The lowest BCUT2D eigenvalue weighted by Crippen LogP contribution is -2.17. The molecule has 34 heavy (non-hydrogen) atoms. The first-order valence-electron chi connectivity index (χ1n) is 11.5. The molecule has 4 heteroatoms. The Morgan fingerprint density at radius 1 is 1.00 bits per heavy atom. The third kappa shape index (κ3) is 5.75. The summed E-state index contributed by atoms with van der Waals surface area (Å²) in [5, 5.41) is 2.35. The summed E-state index contributed by atoms with van der Waals surface area (Å²) in [6, 6.07) is 16.7. The van der Waals surface area contributed by atoms with Crippen LogP contribution in [0.4, 0.5) is 14.5 Å². The molecule has 0 aromatic heterocycles. The van der Waals surface area contributed by atoms with E-state index < -0.39 is 11.6 Å². The summed E-state index contributed by atoms with van der Waals surface area (Å²) in [6.07, 6.45) is 8.55. The van der Waals surface area contributed by atoms with Crippen LogP contribution in [0, 0.1) is 29.4 Å². The van der Waals surface area contributed by atoms with E-state index in [1.807, 2.05) is 60.7 Å². The summed E-state index contributed by atoms with van der Waals surface area (Å²) < 4.78 is 29.7. The van der Waals surface area contributed by atoms with Gasteiger partial charge in [0, 0.05) is 5.56 Å². The molecule has 0 fully saturated rings. The van der Waals surface area contributed by atoms with Gasteiger partial charge in [-0.2, -0.15) is 4.99 Å². The first kappa shape index (κ1) is 23.8. The van der Waals surface area contributed by atoms with Gasteiger partial charge in [0.2, 0.25) is 0 Å². The molecule has 1 aliphatic carbocycles. The maximum absolute atomic E-state index is 15.1. The molecule has 0 bridgehead atoms. The van der Waals surface area contributed by atoms with Gasteiger partial charge >= 0.3 is 0 Å². The fraction of sp³-hybridized carbons (Fsp3) is 0.233. The summed E-state index contributed by atoms with van der Waals surface area (Å²) in [5.41, 5.74) is 4.83. The molecule has 0 spiro atoms. The second-order valence-electron chi connectivity index (χ2n) is 8.58. The predicted octanol–water partition coefficient (Wildman–Crippen LogP) is 8.17. The quantitative estimate of drug-likeness (QED) is 0.159. The number of benzene rings is 3. The standard InChI is InChI=1S/C30H25F2NS/c1-2-3-24-13-16-27-25(18-24)19-29(31)28(30(27)32)17-12-22-7-4-21(5-8-22)6-9-23-10-14-26(15-11-23)33-20-34/h4-11,14-15,19,24H,2-3,13,16,18H2,1H3/b9-6+. The van der Waals surface area contributed by atoms with Gasteiger partial charge in [0.25, 0.3) is 0 Å². The number of aliphatic imine (C=N–C) groups is 1. The van der Waals surface area contributed by atoms with Gasteiger partial charge in [0.05, 0.1) is 16.4 Å². The van der Waals surface area contributed by atoms with Crippen molar-refractivity contribution in [2.75, 3.05) is 0 Å². The van der Waals surface area contributed by atoms with Crippen LogP contribution in [-0.4, -0.2) is 5.16 Å². The molecule has 0 saturated heterocycles. The SMILES string of the molecule is CCCC1CCc2c(cc(F)c(C#Cc3ccc(/C=C/c4ccc(N=C=S)cc4)cc3)c2F)C1. The largest absolute Gasteiger partial charge is 0.206 e. The Balaban J connectivity index is 1.48. The fourth-order valence-corrected chi connectivity index (χ4v) is 4.51. The van der Waals surface area contributed by atoms with E-state index in [1.165, 1.54) is 6.07 Å². The van der Waals surface area contributed by atoms with E-state index >= 15 is 4.39 Å². The van der Waals surface area contributed by atoms with Crippen molar-refractivity contribution in [2.24, 2.45) is 10.9 Å². The third-order valence-corrected chi connectivity index (χ3v) is 6.29. The highest BCUT2D eigenvalue weighted by Gasteiger charge is 2.24. The topological polar surface area (TPSA) is 12.4 Å². The highest BCUT2D eigenvalue weighted by molar-refractivity contribution is 7.78. The van der Waals surface area contributed by atoms with Crippen LogP contribution in [0.2, 0.25) is 0 Å². The minimum atomic E-state index is -0.567. The van der Waals surface area contributed by atoms with E-state index in [9.17, 15) is 4.39 Å². The van der Waals surface area contributed by atoms with Crippen molar-refractivity contribution >= 4 is 35.2 Å². The van der Waals surface area contributed by atoms with Crippen LogP contribution >= 0.6 is 12.2 Å². The van der Waals surface area contributed by atoms with E-state index in [2.05, 4.69) is 41.1 Å². The smallest absolute Gasteiger partial charge is 0.145 e. The van der Waals surface area contributed by atoms with Gasteiger partial charge in [-0.1, -0.05) is 68.0 Å². The number of thiocarbonyl (C=S) groups is 1. The summed E-state index contributed by atoms with van der Waals surface area (Å²) in [7, 11) is 0. The van der Waals surface area contributed by atoms with Crippen molar-refractivity contribution in [1.82, 2.24) is 0 Å². The van der Waals surface area contributed by atoms with Crippen molar-refractivity contribution in [1.29, 1.82) is 0 Å². The number of halogens is 2. The molecule has 0 amide bonds. The lowest BCUT2D eigenvalue weighted by atomic mass is 9.81. The Morgan fingerprint density at radius 3 is 2.32 bits per heavy atom. The number of fused-ring (bicyclic) bond motifs is 1. The molecule has 1 atom stereocenters. The van der Waals surface area contributed by atoms with Crippen LogP contribution < -0.4 is 0 Å². The zero-order valence-corrected chi connectivity index (χ0v) is 19.9. The maximum atomic E-state index is 15.1. The molecule has 1 nitrogen and oxygen atoms in total. The Labute approximate surface area is 205 Å². The normalized spacial score (nSPS) is 14.7. The van der Waals surface area contributed by atoms with Crippen molar-refractivity contribution in [2.45, 2.75) is 39.0 Å². The molecule has 1 aliphatic rings. The Bertz CT molecular complexity index is 1310. The maximum Gasteiger partial charge on any atom is 0.145 e. The highest BCUT2D eigenvalue weighted by atomic mass is 32.1. The van der Waals surface area contributed by atoms with Gasteiger partial charge < -0.3 is 0 Å². The zero-order valence-electron chi connectivity index (χ0n) is 19.1. The molecule has 0 heterocycles. The Morgan fingerprint density at radius 2 is 1.68 bits per heavy atom. The van der Waals surface area contributed by atoms with Crippen LogP contribution in [0.25, 0.3) is 12.2 Å². The first-order chi connectivity index (χ1) is 16.6. The third-order valence-electron chi connectivity index (χ3n) is 6.20. The average Bonchev–Trinajstić information content (AvgIpc) is 2.84. The second kappa shape index (κ2) is 11.2. The van der Waals surface area contributed by atoms with Gasteiger partial charge in [-0.05, 0) is 90.0 Å². The summed E-state index contributed by atoms with van der Waals surface area (Å²) in [4.78, 5) is 3.94. The molecular weight excluding hydrogens is 444 g/mol. The summed E-state index contributed by atoms with van der Waals surface area (Å²) in [5.74, 6) is 5.12. The number of hydrogen-bond acceptors (Lipinski definition) is 2. The molecule has 170 valence electrons. The number of isothiocyanates is 1. The fourth-order valence-electron chi connectivity index (χ4n) is 4.41. The molecule has 0 N–H and O–H groups in total. The molecule has 3 aromatic rings. The Hall–Kier alpha value is -3.38. The van der Waals surface area contributed by atoms with Gasteiger partial charge in [0.1, 0.15) is 11.6 Å². The second-order valence-corrected chi connectivity index (χ2v) is 8.77. The summed E-state index contributed by atoms with van der Waals surface area (Å²) >= 11 is 4.61. The van der Waals surface area contributed by atoms with Crippen molar-refractivity contribution < 1.29 is 8.78 Å². The molecule has 0 radical (unpaired) electrons. The zero-order chi connectivity index (χ0) is 23.9. The summed E-state index contributed by atoms with van der Waals surface area (Å²) in [6.45, 7) is 2.15.